The summed E-state index contributed by atoms with van der Waals surface area (Å²) in [5.74, 6) is 0.986. The highest BCUT2D eigenvalue weighted by Gasteiger charge is 2.05. The molecular formula is C15H20N2OS. The van der Waals surface area contributed by atoms with E-state index in [1.165, 1.54) is 11.1 Å². The van der Waals surface area contributed by atoms with Crippen molar-refractivity contribution >= 4 is 16.9 Å². The number of ether oxygens (including phenoxy) is 1. The number of aliphatic imine (C=N–C) groups is 1. The van der Waals surface area contributed by atoms with E-state index in [0.29, 0.717) is 11.8 Å². The highest BCUT2D eigenvalue weighted by molar-refractivity contribution is 8.14. The smallest absolute Gasteiger partial charge is 0.158 e. The molecule has 0 atom stereocenters. The van der Waals surface area contributed by atoms with Crippen molar-refractivity contribution in [2.45, 2.75) is 25.9 Å². The molecule has 0 aromatic heterocycles. The minimum atomic E-state index is 0.676. The molecule has 0 radical (unpaired) electrons. The van der Waals surface area contributed by atoms with Crippen molar-refractivity contribution in [2.24, 2.45) is 10.7 Å². The third kappa shape index (κ3) is 5.49. The van der Waals surface area contributed by atoms with Gasteiger partial charge in [0.15, 0.2) is 5.17 Å². The first kappa shape index (κ1) is 14.2. The van der Waals surface area contributed by atoms with Crippen LogP contribution in [0.15, 0.2) is 47.1 Å². The van der Waals surface area contributed by atoms with Gasteiger partial charge in [-0.1, -0.05) is 42.1 Å². The van der Waals surface area contributed by atoms with Gasteiger partial charge in [0.25, 0.3) is 0 Å². The monoisotopic (exact) mass is 276 g/mol. The summed E-state index contributed by atoms with van der Waals surface area (Å²) < 4.78 is 5.65. The van der Waals surface area contributed by atoms with Crippen LogP contribution in [0.4, 0.5) is 0 Å². The highest BCUT2D eigenvalue weighted by Crippen LogP contribution is 2.18. The number of nitrogens with two attached hydrogens (primary N) is 1. The Balaban J connectivity index is 1.53. The number of unbranched alkanes of at least 4 members (excludes halogenated alkanes) is 1. The van der Waals surface area contributed by atoms with Gasteiger partial charge in [0.2, 0.25) is 0 Å². The maximum absolute atomic E-state index is 5.65. The van der Waals surface area contributed by atoms with Gasteiger partial charge in [-0.25, -0.2) is 4.99 Å². The summed E-state index contributed by atoms with van der Waals surface area (Å²) >= 11 is 1.62. The first-order chi connectivity index (χ1) is 9.34. The Morgan fingerprint density at radius 2 is 2.05 bits per heavy atom. The van der Waals surface area contributed by atoms with Gasteiger partial charge in [-0.2, -0.15) is 0 Å². The molecule has 0 bridgehead atoms. The van der Waals surface area contributed by atoms with Gasteiger partial charge in [-0.05, 0) is 30.4 Å². The molecule has 19 heavy (non-hydrogen) atoms. The summed E-state index contributed by atoms with van der Waals surface area (Å²) in [6.07, 6.45) is 5.25. The molecule has 0 saturated heterocycles. The van der Waals surface area contributed by atoms with Crippen molar-refractivity contribution in [3.8, 4) is 0 Å². The molecule has 0 unspecified atom stereocenters. The van der Waals surface area contributed by atoms with E-state index in [1.54, 1.807) is 11.8 Å². The average Bonchev–Trinajstić information content (AvgIpc) is 2.46. The van der Waals surface area contributed by atoms with Crippen molar-refractivity contribution in [1.29, 1.82) is 0 Å². The predicted molar refractivity (Wildman–Crippen MR) is 82.1 cm³/mol. The SMILES string of the molecule is NC1=NC=C(CCCCOCc2ccccc2)CS1. The minimum Gasteiger partial charge on any atom is -0.378 e. The number of benzene rings is 1. The Morgan fingerprint density at radius 1 is 1.21 bits per heavy atom. The highest BCUT2D eigenvalue weighted by atomic mass is 32.2. The number of thioether (sulfide) groups is 1. The van der Waals surface area contributed by atoms with Crippen molar-refractivity contribution in [3.63, 3.8) is 0 Å². The second-order valence-corrected chi connectivity index (χ2v) is 5.53. The molecule has 1 aliphatic heterocycles. The van der Waals surface area contributed by atoms with Gasteiger partial charge in [-0.15, -0.1) is 0 Å². The summed E-state index contributed by atoms with van der Waals surface area (Å²) in [5, 5.41) is 0.676. The van der Waals surface area contributed by atoms with Crippen LogP contribution in [0.5, 0.6) is 0 Å². The number of nitrogens with zero attached hydrogens (tertiary/aromatic N) is 1. The van der Waals surface area contributed by atoms with Gasteiger partial charge in [0.05, 0.1) is 6.61 Å². The Kier molecular flexibility index (Phi) is 5.98. The molecule has 1 aromatic rings. The molecule has 102 valence electrons. The van der Waals surface area contributed by atoms with Crippen LogP contribution in [0.25, 0.3) is 0 Å². The molecule has 0 aliphatic carbocycles. The van der Waals surface area contributed by atoms with E-state index in [1.807, 2.05) is 24.4 Å². The van der Waals surface area contributed by atoms with Crippen molar-refractivity contribution in [1.82, 2.24) is 0 Å². The fourth-order valence-corrected chi connectivity index (χ4v) is 2.53. The molecule has 4 heteroatoms. The molecule has 1 heterocycles. The lowest BCUT2D eigenvalue weighted by atomic mass is 10.1. The predicted octanol–water partition coefficient (Wildman–Crippen LogP) is 3.32. The Bertz CT molecular complexity index is 443. The van der Waals surface area contributed by atoms with Crippen LogP contribution in [-0.2, 0) is 11.3 Å². The fraction of sp³-hybridized carbons (Fsp3) is 0.400. The summed E-state index contributed by atoms with van der Waals surface area (Å²) in [6.45, 7) is 1.53. The van der Waals surface area contributed by atoms with E-state index in [-0.39, 0.29) is 0 Å². The zero-order valence-electron chi connectivity index (χ0n) is 11.0. The number of hydrogen-bond donors (Lipinski definition) is 1. The number of rotatable bonds is 7. The number of amidine groups is 1. The maximum atomic E-state index is 5.65. The van der Waals surface area contributed by atoms with Gasteiger partial charge >= 0.3 is 0 Å². The van der Waals surface area contributed by atoms with E-state index in [4.69, 9.17) is 10.5 Å². The van der Waals surface area contributed by atoms with E-state index >= 15 is 0 Å². The van der Waals surface area contributed by atoms with Gasteiger partial charge < -0.3 is 10.5 Å². The molecule has 0 amide bonds. The second-order valence-electron chi connectivity index (χ2n) is 4.54. The van der Waals surface area contributed by atoms with E-state index in [2.05, 4.69) is 17.1 Å². The molecule has 1 aliphatic rings. The molecule has 0 saturated carbocycles. The summed E-state index contributed by atoms with van der Waals surface area (Å²) in [4.78, 5) is 4.13. The third-order valence-electron chi connectivity index (χ3n) is 2.93. The van der Waals surface area contributed by atoms with Gasteiger partial charge in [-0.3, -0.25) is 0 Å². The standard InChI is InChI=1S/C15H20N2OS/c16-15-17-10-14(12-19-15)8-4-5-9-18-11-13-6-2-1-3-7-13/h1-3,6-7,10H,4-5,8-9,11-12H2,(H2,16,17). The van der Waals surface area contributed by atoms with Crippen LogP contribution in [0, 0.1) is 0 Å². The first-order valence-electron chi connectivity index (χ1n) is 6.60. The molecule has 3 nitrogen and oxygen atoms in total. The van der Waals surface area contributed by atoms with Crippen LogP contribution in [0.1, 0.15) is 24.8 Å². The maximum Gasteiger partial charge on any atom is 0.158 e. The van der Waals surface area contributed by atoms with E-state index in [9.17, 15) is 0 Å². The van der Waals surface area contributed by atoms with Crippen LogP contribution in [-0.4, -0.2) is 17.5 Å². The minimum absolute atomic E-state index is 0.676. The summed E-state index contributed by atoms with van der Waals surface area (Å²) in [6, 6.07) is 10.3. The zero-order valence-corrected chi connectivity index (χ0v) is 11.9. The average molecular weight is 276 g/mol. The first-order valence-corrected chi connectivity index (χ1v) is 7.59. The summed E-state index contributed by atoms with van der Waals surface area (Å²) in [7, 11) is 0. The van der Waals surface area contributed by atoms with Gasteiger partial charge in [0.1, 0.15) is 0 Å². The Hall–Kier alpha value is -1.26. The zero-order chi connectivity index (χ0) is 13.3. The van der Waals surface area contributed by atoms with Crippen molar-refractivity contribution < 1.29 is 4.74 Å². The van der Waals surface area contributed by atoms with Crippen LogP contribution >= 0.6 is 11.8 Å². The molecule has 2 N–H and O–H groups in total. The lowest BCUT2D eigenvalue weighted by Gasteiger charge is -2.10. The van der Waals surface area contributed by atoms with Crippen LogP contribution in [0.2, 0.25) is 0 Å². The quantitative estimate of drug-likeness (QED) is 0.777. The molecule has 0 fully saturated rings. The van der Waals surface area contributed by atoms with Crippen molar-refractivity contribution in [3.05, 3.63) is 47.7 Å². The van der Waals surface area contributed by atoms with Crippen LogP contribution in [0.3, 0.4) is 0 Å². The topological polar surface area (TPSA) is 47.6 Å². The lowest BCUT2D eigenvalue weighted by molar-refractivity contribution is 0.117. The molecular weight excluding hydrogens is 256 g/mol. The molecule has 0 spiro atoms. The third-order valence-corrected chi connectivity index (χ3v) is 3.84. The Labute approximate surface area is 118 Å². The number of hydrogen-bond acceptors (Lipinski definition) is 4. The molecule has 1 aromatic carbocycles. The van der Waals surface area contributed by atoms with Crippen molar-refractivity contribution in [2.75, 3.05) is 12.4 Å². The second kappa shape index (κ2) is 8.02. The van der Waals surface area contributed by atoms with E-state index < -0.39 is 0 Å². The van der Waals surface area contributed by atoms with Crippen LogP contribution < -0.4 is 5.73 Å². The largest absolute Gasteiger partial charge is 0.378 e. The normalized spacial score (nSPS) is 14.9. The lowest BCUT2D eigenvalue weighted by Crippen LogP contribution is -2.10. The van der Waals surface area contributed by atoms with E-state index in [0.717, 1.165) is 31.6 Å². The molecule has 2 rings (SSSR count). The fourth-order valence-electron chi connectivity index (χ4n) is 1.85. The Morgan fingerprint density at radius 3 is 2.79 bits per heavy atom. The van der Waals surface area contributed by atoms with Gasteiger partial charge in [0, 0.05) is 18.6 Å². The summed E-state index contributed by atoms with van der Waals surface area (Å²) in [5.41, 5.74) is 8.21.